The van der Waals surface area contributed by atoms with Crippen LogP contribution in [0.4, 0.5) is 16.2 Å². The van der Waals surface area contributed by atoms with E-state index < -0.39 is 23.9 Å². The van der Waals surface area contributed by atoms with Gasteiger partial charge in [-0.3, -0.25) is 14.9 Å². The Hall–Kier alpha value is -5.03. The van der Waals surface area contributed by atoms with Gasteiger partial charge in [0.1, 0.15) is 12.4 Å². The molecule has 3 amide bonds. The molecule has 0 bridgehead atoms. The maximum absolute atomic E-state index is 13.2. The van der Waals surface area contributed by atoms with E-state index in [1.165, 1.54) is 23.2 Å². The Labute approximate surface area is 215 Å². The van der Waals surface area contributed by atoms with Crippen LogP contribution in [0, 0.1) is 0 Å². The third-order valence-electron chi connectivity index (χ3n) is 5.06. The van der Waals surface area contributed by atoms with Crippen molar-refractivity contribution < 1.29 is 19.5 Å². The van der Waals surface area contributed by atoms with Gasteiger partial charge in [-0.25, -0.2) is 4.79 Å². The predicted molar refractivity (Wildman–Crippen MR) is 137 cm³/mol. The lowest BCUT2D eigenvalue weighted by molar-refractivity contribution is -0.123. The summed E-state index contributed by atoms with van der Waals surface area (Å²) >= 11 is 6.13. The molecule has 0 spiro atoms. The standard InChI is InChI=1S/C25H20ClN7O4/c26-18-10-11-21(33-15-27-31-32-33)17(13-18)9-12-22(34)30-23(16-5-2-1-3-6-16)24(35)28-19-7-4-8-20(14-19)29-25(36)37/h1-15,23,29H,(H,28,35)(H,30,34)(H,36,37)/b12-9+. The molecular weight excluding hydrogens is 498 g/mol. The van der Waals surface area contributed by atoms with E-state index in [1.807, 2.05) is 0 Å². The van der Waals surface area contributed by atoms with Crippen molar-refractivity contribution in [3.63, 3.8) is 0 Å². The van der Waals surface area contributed by atoms with E-state index in [-0.39, 0.29) is 5.69 Å². The summed E-state index contributed by atoms with van der Waals surface area (Å²) in [5.41, 5.74) is 2.38. The van der Waals surface area contributed by atoms with Crippen LogP contribution in [0.25, 0.3) is 11.8 Å². The Morgan fingerprint density at radius 3 is 2.41 bits per heavy atom. The van der Waals surface area contributed by atoms with Crippen molar-refractivity contribution in [2.24, 2.45) is 0 Å². The molecule has 4 rings (SSSR count). The van der Waals surface area contributed by atoms with E-state index in [0.717, 1.165) is 0 Å². The average Bonchev–Trinajstić information content (AvgIpc) is 3.41. The number of nitrogens with one attached hydrogen (secondary N) is 3. The summed E-state index contributed by atoms with van der Waals surface area (Å²) in [6, 6.07) is 18.9. The molecule has 4 N–H and O–H groups in total. The smallest absolute Gasteiger partial charge is 0.409 e. The van der Waals surface area contributed by atoms with Gasteiger partial charge < -0.3 is 15.7 Å². The van der Waals surface area contributed by atoms with Crippen LogP contribution in [0.2, 0.25) is 5.02 Å². The number of hydrogen-bond donors (Lipinski definition) is 4. The van der Waals surface area contributed by atoms with Crippen LogP contribution in [0.5, 0.6) is 0 Å². The van der Waals surface area contributed by atoms with E-state index in [1.54, 1.807) is 72.8 Å². The lowest BCUT2D eigenvalue weighted by Crippen LogP contribution is -2.36. The first-order chi connectivity index (χ1) is 17.9. The largest absolute Gasteiger partial charge is 0.465 e. The maximum atomic E-state index is 13.2. The summed E-state index contributed by atoms with van der Waals surface area (Å²) in [5.74, 6) is -1.05. The van der Waals surface area contributed by atoms with E-state index in [2.05, 4.69) is 31.5 Å². The molecule has 0 aliphatic rings. The van der Waals surface area contributed by atoms with Crippen LogP contribution in [0.15, 0.2) is 85.2 Å². The molecular formula is C25H20ClN7O4. The molecule has 0 saturated heterocycles. The van der Waals surface area contributed by atoms with Gasteiger partial charge in [0.25, 0.3) is 5.91 Å². The highest BCUT2D eigenvalue weighted by atomic mass is 35.5. The number of carbonyl (C=O) groups excluding carboxylic acids is 2. The fraction of sp³-hybridized carbons (Fsp3) is 0.0400. The number of rotatable bonds is 8. The quantitative estimate of drug-likeness (QED) is 0.258. The highest BCUT2D eigenvalue weighted by Gasteiger charge is 2.22. The molecule has 1 atom stereocenters. The van der Waals surface area contributed by atoms with Crippen LogP contribution in [-0.4, -0.2) is 43.2 Å². The van der Waals surface area contributed by atoms with Crippen molar-refractivity contribution in [2.45, 2.75) is 6.04 Å². The molecule has 1 aromatic heterocycles. The second-order valence-corrected chi connectivity index (χ2v) is 8.08. The monoisotopic (exact) mass is 517 g/mol. The van der Waals surface area contributed by atoms with Gasteiger partial charge in [0, 0.05) is 28.0 Å². The molecule has 0 saturated carbocycles. The summed E-state index contributed by atoms with van der Waals surface area (Å²) in [6.07, 6.45) is 3.00. The Kier molecular flexibility index (Phi) is 7.86. The molecule has 0 radical (unpaired) electrons. The number of amides is 3. The predicted octanol–water partition coefficient (Wildman–Crippen LogP) is 3.92. The molecule has 37 heavy (non-hydrogen) atoms. The van der Waals surface area contributed by atoms with Crippen molar-refractivity contribution in [3.8, 4) is 5.69 Å². The summed E-state index contributed by atoms with van der Waals surface area (Å²) in [7, 11) is 0. The number of carbonyl (C=O) groups is 3. The summed E-state index contributed by atoms with van der Waals surface area (Å²) in [4.78, 5) is 37.0. The second-order valence-electron chi connectivity index (χ2n) is 7.64. The van der Waals surface area contributed by atoms with Gasteiger partial charge in [-0.1, -0.05) is 48.0 Å². The number of halogens is 1. The van der Waals surface area contributed by atoms with Gasteiger partial charge in [-0.2, -0.15) is 4.68 Å². The normalized spacial score (nSPS) is 11.6. The van der Waals surface area contributed by atoms with Gasteiger partial charge in [0.15, 0.2) is 0 Å². The van der Waals surface area contributed by atoms with Crippen LogP contribution in [0.1, 0.15) is 17.2 Å². The average molecular weight is 518 g/mol. The Bertz CT molecular complexity index is 1440. The second kappa shape index (κ2) is 11.6. The number of anilines is 2. The van der Waals surface area contributed by atoms with Gasteiger partial charge in [0.2, 0.25) is 5.91 Å². The van der Waals surface area contributed by atoms with E-state index in [4.69, 9.17) is 16.7 Å². The molecule has 11 nitrogen and oxygen atoms in total. The van der Waals surface area contributed by atoms with Crippen LogP contribution in [-0.2, 0) is 9.59 Å². The molecule has 0 aliphatic carbocycles. The zero-order valence-corrected chi connectivity index (χ0v) is 19.8. The number of hydrogen-bond acceptors (Lipinski definition) is 6. The first-order valence-corrected chi connectivity index (χ1v) is 11.2. The van der Waals surface area contributed by atoms with Crippen molar-refractivity contribution in [2.75, 3.05) is 10.6 Å². The minimum absolute atomic E-state index is 0.286. The molecule has 3 aromatic carbocycles. The van der Waals surface area contributed by atoms with E-state index >= 15 is 0 Å². The Morgan fingerprint density at radius 2 is 1.70 bits per heavy atom. The summed E-state index contributed by atoms with van der Waals surface area (Å²) < 4.78 is 1.43. The third kappa shape index (κ3) is 6.77. The molecule has 186 valence electrons. The van der Waals surface area contributed by atoms with Crippen LogP contribution in [0.3, 0.4) is 0 Å². The molecule has 1 heterocycles. The van der Waals surface area contributed by atoms with E-state index in [0.29, 0.717) is 27.5 Å². The van der Waals surface area contributed by atoms with Crippen LogP contribution < -0.4 is 16.0 Å². The SMILES string of the molecule is O=C(O)Nc1cccc(NC(=O)C(NC(=O)/C=C/c2cc(Cl)ccc2-n2cnnn2)c2ccccc2)c1. The van der Waals surface area contributed by atoms with Gasteiger partial charge >= 0.3 is 6.09 Å². The molecule has 0 fully saturated rings. The zero-order valence-electron chi connectivity index (χ0n) is 19.1. The number of nitrogens with zero attached hydrogens (tertiary/aromatic N) is 4. The fourth-order valence-electron chi connectivity index (χ4n) is 3.45. The van der Waals surface area contributed by atoms with Crippen molar-refractivity contribution >= 4 is 47.0 Å². The minimum Gasteiger partial charge on any atom is -0.465 e. The molecule has 12 heteroatoms. The zero-order chi connectivity index (χ0) is 26.2. The lowest BCUT2D eigenvalue weighted by Gasteiger charge is -2.18. The lowest BCUT2D eigenvalue weighted by atomic mass is 10.1. The number of aromatic nitrogens is 4. The number of benzene rings is 3. The van der Waals surface area contributed by atoms with Crippen molar-refractivity contribution in [1.29, 1.82) is 0 Å². The van der Waals surface area contributed by atoms with E-state index in [9.17, 15) is 14.4 Å². The van der Waals surface area contributed by atoms with Crippen molar-refractivity contribution in [1.82, 2.24) is 25.5 Å². The minimum atomic E-state index is -1.23. The van der Waals surface area contributed by atoms with Gasteiger partial charge in [-0.15, -0.1) is 5.10 Å². The number of carboxylic acid groups (broad SMARTS) is 1. The number of tetrazole rings is 1. The maximum Gasteiger partial charge on any atom is 0.409 e. The molecule has 4 aromatic rings. The first kappa shape index (κ1) is 25.1. The third-order valence-corrected chi connectivity index (χ3v) is 5.30. The van der Waals surface area contributed by atoms with Crippen molar-refractivity contribution in [3.05, 3.63) is 101 Å². The Balaban J connectivity index is 1.54. The summed E-state index contributed by atoms with van der Waals surface area (Å²) in [5, 5.41) is 28.1. The first-order valence-electron chi connectivity index (χ1n) is 10.9. The highest BCUT2D eigenvalue weighted by Crippen LogP contribution is 2.21. The molecule has 0 aliphatic heterocycles. The van der Waals surface area contributed by atoms with Gasteiger partial charge in [0.05, 0.1) is 5.69 Å². The Morgan fingerprint density at radius 1 is 0.946 bits per heavy atom. The molecule has 1 unspecified atom stereocenters. The summed E-state index contributed by atoms with van der Waals surface area (Å²) in [6.45, 7) is 0. The topological polar surface area (TPSA) is 151 Å². The van der Waals surface area contributed by atoms with Gasteiger partial charge in [-0.05, 0) is 58.5 Å². The van der Waals surface area contributed by atoms with Crippen LogP contribution >= 0.6 is 11.6 Å². The fourth-order valence-corrected chi connectivity index (χ4v) is 3.63. The highest BCUT2D eigenvalue weighted by molar-refractivity contribution is 6.30.